The molecule has 0 radical (unpaired) electrons. The summed E-state index contributed by atoms with van der Waals surface area (Å²) >= 11 is 2.19. The van der Waals surface area contributed by atoms with Crippen molar-refractivity contribution in [2.24, 2.45) is 0 Å². The van der Waals surface area contributed by atoms with Crippen LogP contribution in [0.3, 0.4) is 0 Å². The van der Waals surface area contributed by atoms with Gasteiger partial charge in [-0.05, 0) is 61.7 Å². The quantitative estimate of drug-likeness (QED) is 0.619. The molecule has 1 amide bonds. The van der Waals surface area contributed by atoms with Crippen LogP contribution >= 0.6 is 35.0 Å². The number of rotatable bonds is 5. The monoisotopic (exact) mass is 368 g/mol. The third-order valence-corrected chi connectivity index (χ3v) is 3.20. The molecule has 0 spiro atoms. The molecule has 0 bridgehead atoms. The number of nitrogens with one attached hydrogen (secondary N) is 2. The highest BCUT2D eigenvalue weighted by molar-refractivity contribution is 14.1. The Balaban J connectivity index is 0.00000256. The lowest BCUT2D eigenvalue weighted by Gasteiger charge is -2.07. The molecule has 3 nitrogen and oxygen atoms in total. The molecule has 0 atom stereocenters. The van der Waals surface area contributed by atoms with Crippen LogP contribution in [0, 0.1) is 10.5 Å². The number of hydrogen-bond acceptors (Lipinski definition) is 2. The molecule has 2 N–H and O–H groups in total. The largest absolute Gasteiger partial charge is 0.352 e. The third-order valence-electron chi connectivity index (χ3n) is 2.26. The SMILES string of the molecule is CNCCCNC(=O)c1cc(C)ccc1I.Cl. The minimum atomic E-state index is 0. The van der Waals surface area contributed by atoms with Gasteiger partial charge in [-0.1, -0.05) is 11.6 Å². The topological polar surface area (TPSA) is 41.1 Å². The molecule has 96 valence electrons. The fourth-order valence-electron chi connectivity index (χ4n) is 1.38. The summed E-state index contributed by atoms with van der Waals surface area (Å²) in [5.74, 6) is 0.0178. The number of benzene rings is 1. The smallest absolute Gasteiger partial charge is 0.252 e. The molecule has 0 fully saturated rings. The molecule has 17 heavy (non-hydrogen) atoms. The van der Waals surface area contributed by atoms with Gasteiger partial charge in [0.25, 0.3) is 5.91 Å². The number of carbonyl (C=O) groups is 1. The van der Waals surface area contributed by atoms with Crippen LogP contribution in [0.15, 0.2) is 18.2 Å². The standard InChI is InChI=1S/C12H17IN2O.ClH/c1-9-4-5-11(13)10(8-9)12(16)15-7-3-6-14-2;/h4-5,8,14H,3,6-7H2,1-2H3,(H,15,16);1H. The molecule has 0 aromatic heterocycles. The van der Waals surface area contributed by atoms with Crippen LogP contribution in [0.4, 0.5) is 0 Å². The van der Waals surface area contributed by atoms with E-state index in [1.807, 2.05) is 32.2 Å². The molecule has 5 heteroatoms. The van der Waals surface area contributed by atoms with E-state index < -0.39 is 0 Å². The van der Waals surface area contributed by atoms with E-state index in [-0.39, 0.29) is 18.3 Å². The van der Waals surface area contributed by atoms with Gasteiger partial charge < -0.3 is 10.6 Å². The Morgan fingerprint density at radius 2 is 2.06 bits per heavy atom. The Kier molecular flexibility index (Phi) is 8.55. The highest BCUT2D eigenvalue weighted by atomic mass is 127. The molecule has 1 aromatic rings. The Hall–Kier alpha value is -0.330. The van der Waals surface area contributed by atoms with Gasteiger partial charge in [-0.25, -0.2) is 0 Å². The summed E-state index contributed by atoms with van der Waals surface area (Å²) in [5.41, 5.74) is 1.88. The van der Waals surface area contributed by atoms with Gasteiger partial charge >= 0.3 is 0 Å². The van der Waals surface area contributed by atoms with Crippen molar-refractivity contribution in [2.45, 2.75) is 13.3 Å². The first-order valence-electron chi connectivity index (χ1n) is 5.34. The van der Waals surface area contributed by atoms with Crippen LogP contribution in [-0.4, -0.2) is 26.0 Å². The molecular weight excluding hydrogens is 351 g/mol. The van der Waals surface area contributed by atoms with E-state index in [1.54, 1.807) is 0 Å². The first-order chi connectivity index (χ1) is 7.65. The van der Waals surface area contributed by atoms with Gasteiger partial charge in [-0.2, -0.15) is 0 Å². The van der Waals surface area contributed by atoms with E-state index in [9.17, 15) is 4.79 Å². The molecule has 0 aliphatic carbocycles. The van der Waals surface area contributed by atoms with Crippen LogP contribution in [0.25, 0.3) is 0 Å². The van der Waals surface area contributed by atoms with Gasteiger partial charge in [-0.15, -0.1) is 12.4 Å². The second-order valence-corrected chi connectivity index (χ2v) is 4.86. The summed E-state index contributed by atoms with van der Waals surface area (Å²) in [4.78, 5) is 11.8. The zero-order valence-electron chi connectivity index (χ0n) is 10.0. The van der Waals surface area contributed by atoms with Crippen molar-refractivity contribution >= 4 is 40.9 Å². The van der Waals surface area contributed by atoms with Crippen LogP contribution in [0.5, 0.6) is 0 Å². The average molecular weight is 369 g/mol. The lowest BCUT2D eigenvalue weighted by molar-refractivity contribution is 0.0952. The zero-order chi connectivity index (χ0) is 12.0. The van der Waals surface area contributed by atoms with E-state index in [0.717, 1.165) is 27.7 Å². The van der Waals surface area contributed by atoms with Crippen LogP contribution in [-0.2, 0) is 0 Å². The summed E-state index contributed by atoms with van der Waals surface area (Å²) in [5, 5.41) is 5.97. The molecule has 0 saturated carbocycles. The van der Waals surface area contributed by atoms with E-state index in [1.165, 1.54) is 0 Å². The van der Waals surface area contributed by atoms with Crippen molar-refractivity contribution in [1.82, 2.24) is 10.6 Å². The minimum Gasteiger partial charge on any atom is -0.352 e. The highest BCUT2D eigenvalue weighted by Gasteiger charge is 2.08. The number of carbonyl (C=O) groups excluding carboxylic acids is 1. The second-order valence-electron chi connectivity index (χ2n) is 3.70. The number of hydrogen-bond donors (Lipinski definition) is 2. The molecule has 1 rings (SSSR count). The van der Waals surface area contributed by atoms with Gasteiger partial charge in [-0.3, -0.25) is 4.79 Å². The molecular formula is C12H18ClIN2O. The first-order valence-corrected chi connectivity index (χ1v) is 6.42. The predicted octanol–water partition coefficient (Wildman–Crippen LogP) is 2.36. The van der Waals surface area contributed by atoms with Crippen molar-refractivity contribution in [3.63, 3.8) is 0 Å². The first kappa shape index (κ1) is 16.7. The Bertz CT molecular complexity index is 372. The van der Waals surface area contributed by atoms with E-state index in [0.29, 0.717) is 6.54 Å². The molecule has 0 aliphatic rings. The highest BCUT2D eigenvalue weighted by Crippen LogP contribution is 2.13. The fourth-order valence-corrected chi connectivity index (χ4v) is 1.96. The Morgan fingerprint density at radius 3 is 2.71 bits per heavy atom. The predicted molar refractivity (Wildman–Crippen MR) is 82.0 cm³/mol. The lowest BCUT2D eigenvalue weighted by Crippen LogP contribution is -2.27. The van der Waals surface area contributed by atoms with Crippen LogP contribution in [0.1, 0.15) is 22.3 Å². The van der Waals surface area contributed by atoms with E-state index in [4.69, 9.17) is 0 Å². The molecule has 1 aromatic carbocycles. The average Bonchev–Trinajstić information content (AvgIpc) is 2.27. The maximum Gasteiger partial charge on any atom is 0.252 e. The minimum absolute atomic E-state index is 0. The Labute approximate surface area is 122 Å². The molecule has 0 saturated heterocycles. The summed E-state index contributed by atoms with van der Waals surface area (Å²) in [6.07, 6.45) is 0.949. The maximum absolute atomic E-state index is 11.8. The lowest BCUT2D eigenvalue weighted by atomic mass is 10.1. The molecule has 0 unspecified atom stereocenters. The molecule has 0 aliphatic heterocycles. The fraction of sp³-hybridized carbons (Fsp3) is 0.417. The number of amides is 1. The van der Waals surface area contributed by atoms with Gasteiger partial charge in [0.2, 0.25) is 0 Å². The Morgan fingerprint density at radius 1 is 1.35 bits per heavy atom. The van der Waals surface area contributed by atoms with Gasteiger partial charge in [0, 0.05) is 10.1 Å². The zero-order valence-corrected chi connectivity index (χ0v) is 13.0. The summed E-state index contributed by atoms with van der Waals surface area (Å²) < 4.78 is 0.995. The number of halogens is 2. The van der Waals surface area contributed by atoms with Crippen molar-refractivity contribution in [3.8, 4) is 0 Å². The summed E-state index contributed by atoms with van der Waals surface area (Å²) in [7, 11) is 1.91. The van der Waals surface area contributed by atoms with Gasteiger partial charge in [0.1, 0.15) is 0 Å². The molecule has 0 heterocycles. The van der Waals surface area contributed by atoms with E-state index >= 15 is 0 Å². The van der Waals surface area contributed by atoms with Gasteiger partial charge in [0.05, 0.1) is 5.56 Å². The third kappa shape index (κ3) is 5.70. The van der Waals surface area contributed by atoms with Crippen LogP contribution < -0.4 is 10.6 Å². The van der Waals surface area contributed by atoms with Crippen LogP contribution in [0.2, 0.25) is 0 Å². The van der Waals surface area contributed by atoms with Crippen molar-refractivity contribution in [3.05, 3.63) is 32.9 Å². The number of aryl methyl sites for hydroxylation is 1. The van der Waals surface area contributed by atoms with E-state index in [2.05, 4.69) is 33.2 Å². The van der Waals surface area contributed by atoms with Gasteiger partial charge in [0.15, 0.2) is 0 Å². The normalized spacial score (nSPS) is 9.59. The van der Waals surface area contributed by atoms with Crippen molar-refractivity contribution < 1.29 is 4.79 Å². The van der Waals surface area contributed by atoms with Crippen molar-refractivity contribution in [1.29, 1.82) is 0 Å². The maximum atomic E-state index is 11.8. The second kappa shape index (κ2) is 8.72. The van der Waals surface area contributed by atoms with Crippen molar-refractivity contribution in [2.75, 3.05) is 20.1 Å². The summed E-state index contributed by atoms with van der Waals surface area (Å²) in [6, 6.07) is 5.91. The summed E-state index contributed by atoms with van der Waals surface area (Å²) in [6.45, 7) is 3.63.